The summed E-state index contributed by atoms with van der Waals surface area (Å²) in [6.45, 7) is 4.58. The third-order valence-corrected chi connectivity index (χ3v) is 11.2. The van der Waals surface area contributed by atoms with Gasteiger partial charge in [0, 0.05) is 23.5 Å². The second-order valence-electron chi connectivity index (χ2n) is 14.1. The number of carbonyl (C=O) groups is 4. The van der Waals surface area contributed by atoms with Gasteiger partial charge in [0.1, 0.15) is 17.7 Å². The van der Waals surface area contributed by atoms with Crippen LogP contribution in [-0.4, -0.2) is 57.4 Å². The van der Waals surface area contributed by atoms with Crippen molar-refractivity contribution in [3.63, 3.8) is 0 Å². The van der Waals surface area contributed by atoms with Gasteiger partial charge >= 0.3 is 5.97 Å². The predicted octanol–water partition coefficient (Wildman–Crippen LogP) is 9.02. The predicted molar refractivity (Wildman–Crippen MR) is 248 cm³/mol. The molecular weight excluding hydrogens is 807 g/mol. The lowest BCUT2D eigenvalue weighted by molar-refractivity contribution is -0.134. The number of nitrogens with zero attached hydrogens (tertiary/aromatic N) is 3. The van der Waals surface area contributed by atoms with Gasteiger partial charge in [-0.15, -0.1) is 0 Å². The lowest BCUT2D eigenvalue weighted by atomic mass is 10.0. The average molecular weight is 848 g/mol. The van der Waals surface area contributed by atoms with E-state index in [1.54, 1.807) is 6.08 Å². The summed E-state index contributed by atoms with van der Waals surface area (Å²) in [6, 6.07) is 38.6. The van der Waals surface area contributed by atoms with E-state index in [1.165, 1.54) is 5.56 Å². The van der Waals surface area contributed by atoms with E-state index in [0.29, 0.717) is 23.2 Å². The van der Waals surface area contributed by atoms with Gasteiger partial charge in [-0.25, -0.2) is 9.98 Å². The molecule has 13 heteroatoms. The van der Waals surface area contributed by atoms with Crippen molar-refractivity contribution in [1.29, 1.82) is 0 Å². The van der Waals surface area contributed by atoms with E-state index in [-0.39, 0.29) is 29.2 Å². The summed E-state index contributed by atoms with van der Waals surface area (Å²) in [5.74, 6) is -1.56. The van der Waals surface area contributed by atoms with Crippen molar-refractivity contribution in [2.75, 3.05) is 16.6 Å². The standard InChI is InChI=1S/C48H41N5O6S2/c1-31-3-24-43(32(2)25-31)53(39-20-16-35(17-21-39)6-4-33-8-12-37(13-9-33)26-41-45(57)51-47(49-41)60-28-44(55)56)40-22-18-36(19-23-40)7-5-34-10-14-38(15-11-34)27-42-46(58)52-48(50-42)61-30-59-29-54/h3-25,27,29,41H,26,28,30H2,1-2H3,(H,55,56)(H,49,51,57)(H,50,52,58). The van der Waals surface area contributed by atoms with Crippen molar-refractivity contribution in [3.05, 3.63) is 165 Å². The monoisotopic (exact) mass is 847 g/mol. The average Bonchev–Trinajstić information content (AvgIpc) is 3.80. The first-order valence-corrected chi connectivity index (χ1v) is 21.2. The van der Waals surface area contributed by atoms with E-state index in [2.05, 4.69) is 129 Å². The van der Waals surface area contributed by atoms with E-state index in [4.69, 9.17) is 5.11 Å². The Hall–Kier alpha value is -6.96. The molecular formula is C48H41N5O6S2. The van der Waals surface area contributed by atoms with Crippen LogP contribution in [0.25, 0.3) is 30.4 Å². The van der Waals surface area contributed by atoms with Crippen LogP contribution in [0.3, 0.4) is 0 Å². The minimum absolute atomic E-state index is 0.0726. The molecule has 7 rings (SSSR count). The number of rotatable bonds is 15. The molecule has 61 heavy (non-hydrogen) atoms. The molecule has 3 N–H and O–H groups in total. The summed E-state index contributed by atoms with van der Waals surface area (Å²) in [5.41, 5.74) is 11.7. The van der Waals surface area contributed by atoms with Crippen molar-refractivity contribution in [1.82, 2.24) is 10.6 Å². The molecule has 2 aliphatic heterocycles. The van der Waals surface area contributed by atoms with Gasteiger partial charge in [0.15, 0.2) is 10.3 Å². The van der Waals surface area contributed by atoms with Crippen molar-refractivity contribution < 1.29 is 29.0 Å². The highest BCUT2D eigenvalue weighted by Crippen LogP contribution is 2.37. The fraction of sp³-hybridized carbons (Fsp3) is 0.125. The third kappa shape index (κ3) is 11.4. The number of benzene rings is 5. The number of hydrogen-bond acceptors (Lipinski definition) is 10. The number of hydrogen-bond donors (Lipinski definition) is 3. The second kappa shape index (κ2) is 19.9. The number of carboxylic acids is 1. The number of ether oxygens (including phenoxy) is 1. The Morgan fingerprint density at radius 3 is 1.85 bits per heavy atom. The van der Waals surface area contributed by atoms with Gasteiger partial charge < -0.3 is 20.1 Å². The molecule has 2 heterocycles. The number of nitrogens with one attached hydrogen (secondary N) is 2. The summed E-state index contributed by atoms with van der Waals surface area (Å²) >= 11 is 2.14. The number of thioether (sulfide) groups is 2. The summed E-state index contributed by atoms with van der Waals surface area (Å²) in [7, 11) is 0. The van der Waals surface area contributed by atoms with Crippen molar-refractivity contribution >= 4 is 106 Å². The molecule has 11 nitrogen and oxygen atoms in total. The molecule has 0 aromatic heterocycles. The van der Waals surface area contributed by atoms with Gasteiger partial charge in [-0.2, -0.15) is 0 Å². The van der Waals surface area contributed by atoms with E-state index in [0.717, 1.165) is 79.5 Å². The molecule has 0 bridgehead atoms. The Kier molecular flexibility index (Phi) is 13.7. The maximum Gasteiger partial charge on any atom is 0.313 e. The molecule has 5 aromatic carbocycles. The van der Waals surface area contributed by atoms with E-state index in [9.17, 15) is 19.2 Å². The maximum absolute atomic E-state index is 12.4. The number of amides is 2. The fourth-order valence-corrected chi connectivity index (χ4v) is 7.78. The van der Waals surface area contributed by atoms with Gasteiger partial charge in [0.25, 0.3) is 18.3 Å². The molecule has 2 amide bonds. The molecule has 0 spiro atoms. The molecule has 0 radical (unpaired) electrons. The number of aryl methyl sites for hydroxylation is 2. The molecule has 0 fully saturated rings. The molecule has 306 valence electrons. The van der Waals surface area contributed by atoms with Crippen molar-refractivity contribution in [2.24, 2.45) is 9.98 Å². The first kappa shape index (κ1) is 42.2. The quantitative estimate of drug-likeness (QED) is 0.0309. The van der Waals surface area contributed by atoms with Crippen LogP contribution in [0.15, 0.2) is 131 Å². The highest BCUT2D eigenvalue weighted by Gasteiger charge is 2.27. The van der Waals surface area contributed by atoms with Crippen molar-refractivity contribution in [3.8, 4) is 0 Å². The highest BCUT2D eigenvalue weighted by molar-refractivity contribution is 8.14. The normalized spacial score (nSPS) is 15.5. The minimum Gasteiger partial charge on any atom is -0.481 e. The topological polar surface area (TPSA) is 150 Å². The number of anilines is 3. The van der Waals surface area contributed by atoms with Crippen LogP contribution in [0.4, 0.5) is 17.1 Å². The van der Waals surface area contributed by atoms with E-state index >= 15 is 0 Å². The van der Waals surface area contributed by atoms with Crippen molar-refractivity contribution in [2.45, 2.75) is 26.3 Å². The number of aliphatic imine (C=N–C) groups is 2. The van der Waals surface area contributed by atoms with Gasteiger partial charge in [-0.1, -0.05) is 127 Å². The van der Waals surface area contributed by atoms with E-state index in [1.807, 2.05) is 54.6 Å². The Labute approximate surface area is 362 Å². The number of aliphatic carboxylic acids is 1. The van der Waals surface area contributed by atoms with Crippen LogP contribution >= 0.6 is 23.5 Å². The first-order valence-electron chi connectivity index (χ1n) is 19.3. The number of carboxylic acid groups (broad SMARTS) is 1. The van der Waals surface area contributed by atoms with E-state index < -0.39 is 12.0 Å². The molecule has 0 saturated carbocycles. The summed E-state index contributed by atoms with van der Waals surface area (Å²) in [4.78, 5) is 56.8. The summed E-state index contributed by atoms with van der Waals surface area (Å²) in [5, 5.41) is 15.0. The lowest BCUT2D eigenvalue weighted by Crippen LogP contribution is -2.29. The summed E-state index contributed by atoms with van der Waals surface area (Å²) in [6.07, 6.45) is 10.4. The Bertz CT molecular complexity index is 2580. The summed E-state index contributed by atoms with van der Waals surface area (Å²) < 4.78 is 4.66. The van der Waals surface area contributed by atoms with Crippen LogP contribution in [0, 0.1) is 13.8 Å². The van der Waals surface area contributed by atoms with Crippen LogP contribution in [0.2, 0.25) is 0 Å². The highest BCUT2D eigenvalue weighted by atomic mass is 32.2. The van der Waals surface area contributed by atoms with Crippen LogP contribution in [-0.2, 0) is 30.3 Å². The van der Waals surface area contributed by atoms with Gasteiger partial charge in [0.05, 0.1) is 5.75 Å². The number of amidine groups is 2. The van der Waals surface area contributed by atoms with Gasteiger partial charge in [-0.3, -0.25) is 24.5 Å². The van der Waals surface area contributed by atoms with Crippen LogP contribution in [0.5, 0.6) is 0 Å². The fourth-order valence-electron chi connectivity index (χ4n) is 6.58. The Morgan fingerprint density at radius 1 is 0.738 bits per heavy atom. The molecule has 5 aromatic rings. The SMILES string of the molecule is Cc1ccc(N(c2ccc(C=Cc3ccc(C=C4N=C(SCOC=O)NC4=O)cc3)cc2)c2ccc(C=Cc3ccc(CC4N=C(SCC(=O)O)NC4=O)cc3)cc2)c(C)c1. The van der Waals surface area contributed by atoms with Gasteiger partial charge in [-0.05, 0) is 101 Å². The molecule has 0 aliphatic carbocycles. The zero-order chi connectivity index (χ0) is 42.7. The lowest BCUT2D eigenvalue weighted by Gasteiger charge is -2.27. The Balaban J connectivity index is 1.01. The van der Waals surface area contributed by atoms with Gasteiger partial charge in [0.2, 0.25) is 0 Å². The minimum atomic E-state index is -0.959. The largest absolute Gasteiger partial charge is 0.481 e. The Morgan fingerprint density at radius 2 is 1.30 bits per heavy atom. The molecule has 0 saturated heterocycles. The number of carbonyl (C=O) groups excluding carboxylic acids is 3. The molecule has 1 unspecified atom stereocenters. The molecule has 1 atom stereocenters. The smallest absolute Gasteiger partial charge is 0.313 e. The first-order chi connectivity index (χ1) is 29.6. The van der Waals surface area contributed by atoms with Crippen LogP contribution in [0.1, 0.15) is 44.5 Å². The maximum atomic E-state index is 12.4. The second-order valence-corrected chi connectivity index (χ2v) is 16.0. The zero-order valence-corrected chi connectivity index (χ0v) is 34.9. The zero-order valence-electron chi connectivity index (χ0n) is 33.3. The molecule has 2 aliphatic rings. The van der Waals surface area contributed by atoms with Crippen LogP contribution < -0.4 is 15.5 Å². The third-order valence-electron chi connectivity index (χ3n) is 9.63.